The molecule has 0 radical (unpaired) electrons. The number of nitro groups is 1. The van der Waals surface area contributed by atoms with Gasteiger partial charge in [-0.05, 0) is 42.3 Å². The van der Waals surface area contributed by atoms with E-state index in [1.165, 1.54) is 42.5 Å². The summed E-state index contributed by atoms with van der Waals surface area (Å²) in [6, 6.07) is 20.7. The van der Waals surface area contributed by atoms with Gasteiger partial charge in [0.15, 0.2) is 0 Å². The molecule has 0 aromatic heterocycles. The molecule has 166 valence electrons. The maximum atomic E-state index is 12.5. The van der Waals surface area contributed by atoms with Crippen molar-refractivity contribution in [1.29, 1.82) is 0 Å². The van der Waals surface area contributed by atoms with Gasteiger partial charge in [0.05, 0.1) is 9.82 Å². The number of rotatable bonds is 9. The van der Waals surface area contributed by atoms with Crippen molar-refractivity contribution in [2.75, 3.05) is 11.3 Å². The summed E-state index contributed by atoms with van der Waals surface area (Å²) < 4.78 is 27.4. The van der Waals surface area contributed by atoms with E-state index in [0.29, 0.717) is 12.1 Å². The lowest BCUT2D eigenvalue weighted by Crippen LogP contribution is -2.28. The average molecular weight is 454 g/mol. The molecule has 0 spiro atoms. The summed E-state index contributed by atoms with van der Waals surface area (Å²) in [5.74, 6) is -0.0614. The second kappa shape index (κ2) is 10.1. The van der Waals surface area contributed by atoms with Crippen molar-refractivity contribution in [3.63, 3.8) is 0 Å². The first-order valence-electron chi connectivity index (χ1n) is 10.0. The number of hydrogen-bond donors (Lipinski definition) is 2. The van der Waals surface area contributed by atoms with Crippen LogP contribution in [0.3, 0.4) is 0 Å². The Bertz CT molecular complexity index is 1200. The predicted molar refractivity (Wildman–Crippen MR) is 122 cm³/mol. The van der Waals surface area contributed by atoms with Crippen molar-refractivity contribution in [2.24, 2.45) is 0 Å². The summed E-state index contributed by atoms with van der Waals surface area (Å²) in [5.41, 5.74) is 1.47. The first-order valence-corrected chi connectivity index (χ1v) is 11.5. The molecule has 3 rings (SSSR count). The van der Waals surface area contributed by atoms with E-state index in [1.54, 1.807) is 0 Å². The summed E-state index contributed by atoms with van der Waals surface area (Å²) in [6.45, 7) is 2.55. The van der Waals surface area contributed by atoms with Crippen molar-refractivity contribution >= 4 is 27.3 Å². The quantitative estimate of drug-likeness (QED) is 0.369. The third-order valence-corrected chi connectivity index (χ3v) is 6.39. The number of carbonyl (C=O) groups is 1. The topological polar surface area (TPSA) is 118 Å². The number of hydrogen-bond acceptors (Lipinski definition) is 5. The molecule has 9 heteroatoms. The highest BCUT2D eigenvalue weighted by Gasteiger charge is 2.18. The molecule has 2 N–H and O–H groups in total. The van der Waals surface area contributed by atoms with Crippen LogP contribution in [0.1, 0.15) is 35.2 Å². The molecule has 8 nitrogen and oxygen atoms in total. The van der Waals surface area contributed by atoms with Gasteiger partial charge in [-0.15, -0.1) is 0 Å². The average Bonchev–Trinajstić information content (AvgIpc) is 2.80. The van der Waals surface area contributed by atoms with Crippen LogP contribution in [0.2, 0.25) is 0 Å². The van der Waals surface area contributed by atoms with Crippen LogP contribution < -0.4 is 10.0 Å². The minimum atomic E-state index is -4.01. The second-order valence-electron chi connectivity index (χ2n) is 7.16. The van der Waals surface area contributed by atoms with E-state index in [4.69, 9.17) is 0 Å². The van der Waals surface area contributed by atoms with E-state index in [-0.39, 0.29) is 28.1 Å². The molecule has 0 aliphatic rings. The zero-order valence-electron chi connectivity index (χ0n) is 17.4. The van der Waals surface area contributed by atoms with E-state index in [9.17, 15) is 23.3 Å². The Morgan fingerprint density at radius 3 is 2.31 bits per heavy atom. The van der Waals surface area contributed by atoms with Crippen LogP contribution in [-0.2, 0) is 10.0 Å². The third kappa shape index (κ3) is 5.70. The highest BCUT2D eigenvalue weighted by Crippen LogP contribution is 2.21. The largest absolute Gasteiger partial charge is 0.351 e. The predicted octanol–water partition coefficient (Wildman–Crippen LogP) is 4.32. The van der Waals surface area contributed by atoms with E-state index in [0.717, 1.165) is 18.1 Å². The Hall–Kier alpha value is -3.72. The summed E-state index contributed by atoms with van der Waals surface area (Å²) in [5, 5.41) is 13.8. The zero-order valence-corrected chi connectivity index (χ0v) is 18.2. The monoisotopic (exact) mass is 453 g/mol. The van der Waals surface area contributed by atoms with Crippen LogP contribution in [-0.4, -0.2) is 25.8 Å². The molecule has 0 heterocycles. The molecule has 0 bridgehead atoms. The minimum absolute atomic E-state index is 0.196. The molecule has 0 fully saturated rings. The highest BCUT2D eigenvalue weighted by molar-refractivity contribution is 7.92. The summed E-state index contributed by atoms with van der Waals surface area (Å²) >= 11 is 0. The standard InChI is InChI=1S/C23H23N3O5S/c1-2-17(18-7-4-3-5-8-18)16-24-23(27)19-11-13-20(14-12-19)25-32(30,31)22-10-6-9-21(15-22)26(28)29/h3-15,17,25H,2,16H2,1H3,(H,24,27). The number of nitrogens with one attached hydrogen (secondary N) is 2. The molecule has 1 unspecified atom stereocenters. The Morgan fingerprint density at radius 1 is 1.00 bits per heavy atom. The fourth-order valence-corrected chi connectivity index (χ4v) is 4.31. The molecular formula is C23H23N3O5S. The van der Waals surface area contributed by atoms with Crippen molar-refractivity contribution < 1.29 is 18.1 Å². The van der Waals surface area contributed by atoms with Gasteiger partial charge in [0.25, 0.3) is 21.6 Å². The number of benzene rings is 3. The van der Waals surface area contributed by atoms with Crippen LogP contribution in [0.15, 0.2) is 83.8 Å². The summed E-state index contributed by atoms with van der Waals surface area (Å²) in [7, 11) is -4.01. The zero-order chi connectivity index (χ0) is 23.1. The minimum Gasteiger partial charge on any atom is -0.351 e. The van der Waals surface area contributed by atoms with Gasteiger partial charge in [-0.25, -0.2) is 8.42 Å². The maximum absolute atomic E-state index is 12.5. The normalized spacial score (nSPS) is 12.0. The summed E-state index contributed by atoms with van der Waals surface area (Å²) in [4.78, 5) is 22.5. The van der Waals surface area contributed by atoms with Gasteiger partial charge in [0, 0.05) is 35.8 Å². The first-order chi connectivity index (χ1) is 15.3. The van der Waals surface area contributed by atoms with E-state index in [2.05, 4.69) is 17.0 Å². The number of nitro benzene ring substituents is 1. The number of non-ortho nitro benzene ring substituents is 1. The molecule has 0 aliphatic heterocycles. The number of nitrogens with zero attached hydrogens (tertiary/aromatic N) is 1. The van der Waals surface area contributed by atoms with Gasteiger partial charge in [-0.2, -0.15) is 0 Å². The summed E-state index contributed by atoms with van der Waals surface area (Å²) in [6.07, 6.45) is 0.878. The van der Waals surface area contributed by atoms with Crippen LogP contribution in [0.25, 0.3) is 0 Å². The van der Waals surface area contributed by atoms with Crippen LogP contribution in [0.4, 0.5) is 11.4 Å². The third-order valence-electron chi connectivity index (χ3n) is 5.01. The van der Waals surface area contributed by atoms with Gasteiger partial charge in [0.1, 0.15) is 0 Å². The fourth-order valence-electron chi connectivity index (χ4n) is 3.21. The molecule has 3 aromatic rings. The SMILES string of the molecule is CCC(CNC(=O)c1ccc(NS(=O)(=O)c2cccc([N+](=O)[O-])c2)cc1)c1ccccc1. The van der Waals surface area contributed by atoms with Gasteiger partial charge in [0.2, 0.25) is 0 Å². The van der Waals surface area contributed by atoms with E-state index >= 15 is 0 Å². The second-order valence-corrected chi connectivity index (χ2v) is 8.85. The molecule has 1 amide bonds. The highest BCUT2D eigenvalue weighted by atomic mass is 32.2. The van der Waals surface area contributed by atoms with Gasteiger partial charge < -0.3 is 5.32 Å². The van der Waals surface area contributed by atoms with Crippen molar-refractivity contribution in [1.82, 2.24) is 5.32 Å². The number of sulfonamides is 1. The Morgan fingerprint density at radius 2 is 1.69 bits per heavy atom. The van der Waals surface area contributed by atoms with Crippen molar-refractivity contribution in [2.45, 2.75) is 24.2 Å². The van der Waals surface area contributed by atoms with Crippen LogP contribution in [0.5, 0.6) is 0 Å². The number of anilines is 1. The molecule has 32 heavy (non-hydrogen) atoms. The molecular weight excluding hydrogens is 430 g/mol. The maximum Gasteiger partial charge on any atom is 0.270 e. The van der Waals surface area contributed by atoms with Gasteiger partial charge >= 0.3 is 0 Å². The molecule has 0 aliphatic carbocycles. The fraction of sp³-hybridized carbons (Fsp3) is 0.174. The lowest BCUT2D eigenvalue weighted by Gasteiger charge is -2.16. The molecule has 0 saturated heterocycles. The van der Waals surface area contributed by atoms with Crippen molar-refractivity contribution in [3.05, 3.63) is 100 Å². The van der Waals surface area contributed by atoms with E-state index < -0.39 is 14.9 Å². The molecule has 1 atom stereocenters. The number of carbonyl (C=O) groups excluding carboxylic acids is 1. The van der Waals surface area contributed by atoms with Crippen LogP contribution >= 0.6 is 0 Å². The van der Waals surface area contributed by atoms with Gasteiger partial charge in [-0.3, -0.25) is 19.6 Å². The van der Waals surface area contributed by atoms with Crippen LogP contribution in [0, 0.1) is 10.1 Å². The Balaban J connectivity index is 1.65. The Labute approximate surface area is 186 Å². The van der Waals surface area contributed by atoms with Gasteiger partial charge in [-0.1, -0.05) is 43.3 Å². The van der Waals surface area contributed by atoms with Crippen molar-refractivity contribution in [3.8, 4) is 0 Å². The molecule has 3 aromatic carbocycles. The Kier molecular flexibility index (Phi) is 7.21. The van der Waals surface area contributed by atoms with E-state index in [1.807, 2.05) is 30.3 Å². The first kappa shape index (κ1) is 23.0. The smallest absolute Gasteiger partial charge is 0.270 e. The molecule has 0 saturated carbocycles. The lowest BCUT2D eigenvalue weighted by atomic mass is 9.96. The number of amides is 1. The lowest BCUT2D eigenvalue weighted by molar-refractivity contribution is -0.385.